The molecule has 4 aliphatic rings. The lowest BCUT2D eigenvalue weighted by atomic mass is 9.49. The number of benzene rings is 1. The molecule has 4 aliphatic carbocycles. The Bertz CT molecular complexity index is 677. The number of hydrogen-bond acceptors (Lipinski definition) is 2. The zero-order chi connectivity index (χ0) is 17.6. The van der Waals surface area contributed by atoms with Crippen molar-refractivity contribution < 1.29 is 4.79 Å². The molecule has 1 aromatic rings. The van der Waals surface area contributed by atoms with Crippen LogP contribution in [0, 0.1) is 37.0 Å². The number of carbonyl (C=O) groups excluding carboxylic acids is 1. The van der Waals surface area contributed by atoms with Crippen LogP contribution >= 0.6 is 12.2 Å². The summed E-state index contributed by atoms with van der Waals surface area (Å²) in [5.74, 6) is 2.71. The molecule has 1 amide bonds. The summed E-state index contributed by atoms with van der Waals surface area (Å²) >= 11 is 5.35. The molecule has 4 fully saturated rings. The predicted octanol–water partition coefficient (Wildman–Crippen LogP) is 4.72. The first-order chi connectivity index (χ1) is 11.9. The van der Waals surface area contributed by atoms with E-state index in [4.69, 9.17) is 12.2 Å². The summed E-state index contributed by atoms with van der Waals surface area (Å²) in [6.07, 6.45) is 8.64. The van der Waals surface area contributed by atoms with E-state index in [1.807, 2.05) is 6.07 Å². The van der Waals surface area contributed by atoms with Gasteiger partial charge in [0.05, 0.1) is 0 Å². The molecule has 0 unspecified atom stereocenters. The van der Waals surface area contributed by atoms with E-state index in [-0.39, 0.29) is 11.3 Å². The average Bonchev–Trinajstić information content (AvgIpc) is 2.48. The van der Waals surface area contributed by atoms with Crippen molar-refractivity contribution in [1.29, 1.82) is 0 Å². The van der Waals surface area contributed by atoms with Crippen LogP contribution in [0.1, 0.15) is 56.1 Å². The number of hydrogen-bond donors (Lipinski definition) is 2. The van der Waals surface area contributed by atoms with E-state index in [0.29, 0.717) is 11.5 Å². The zero-order valence-corrected chi connectivity index (χ0v) is 16.0. The third-order valence-corrected chi connectivity index (χ3v) is 6.92. The van der Waals surface area contributed by atoms with Gasteiger partial charge >= 0.3 is 0 Å². The lowest BCUT2D eigenvalue weighted by molar-refractivity contribution is -0.127. The van der Waals surface area contributed by atoms with Crippen molar-refractivity contribution in [3.05, 3.63) is 29.3 Å². The molecule has 25 heavy (non-hydrogen) atoms. The minimum absolute atomic E-state index is 0.0864. The van der Waals surface area contributed by atoms with Gasteiger partial charge in [-0.15, -0.1) is 0 Å². The van der Waals surface area contributed by atoms with Gasteiger partial charge in [-0.05, 0) is 111 Å². The molecule has 4 bridgehead atoms. The third-order valence-electron chi connectivity index (χ3n) is 6.72. The molecular formula is C21H28N2OS. The lowest BCUT2D eigenvalue weighted by Gasteiger charge is -2.56. The Morgan fingerprint density at radius 3 is 2.24 bits per heavy atom. The van der Waals surface area contributed by atoms with Gasteiger partial charge in [-0.25, -0.2) is 0 Å². The quantitative estimate of drug-likeness (QED) is 0.770. The highest BCUT2D eigenvalue weighted by molar-refractivity contribution is 7.80. The van der Waals surface area contributed by atoms with E-state index >= 15 is 0 Å². The topological polar surface area (TPSA) is 41.1 Å². The van der Waals surface area contributed by atoms with Crippen LogP contribution in [0.15, 0.2) is 18.2 Å². The predicted molar refractivity (Wildman–Crippen MR) is 106 cm³/mol. The van der Waals surface area contributed by atoms with E-state index in [1.165, 1.54) is 49.7 Å². The van der Waals surface area contributed by atoms with E-state index in [1.54, 1.807) is 0 Å². The van der Waals surface area contributed by atoms with Gasteiger partial charge in [0.1, 0.15) is 0 Å². The number of nitrogens with one attached hydrogen (secondary N) is 2. The Hall–Kier alpha value is -1.42. The van der Waals surface area contributed by atoms with Gasteiger partial charge in [0.2, 0.25) is 5.91 Å². The Kier molecular flexibility index (Phi) is 4.35. The van der Waals surface area contributed by atoms with E-state index < -0.39 is 0 Å². The molecule has 3 nitrogen and oxygen atoms in total. The molecule has 0 aliphatic heterocycles. The fraction of sp³-hybridized carbons (Fsp3) is 0.619. The van der Waals surface area contributed by atoms with Crippen LogP contribution in [0.2, 0.25) is 0 Å². The first-order valence-corrected chi connectivity index (χ1v) is 10.00. The van der Waals surface area contributed by atoms with Crippen molar-refractivity contribution in [2.45, 2.75) is 58.8 Å². The van der Waals surface area contributed by atoms with Crippen molar-refractivity contribution in [1.82, 2.24) is 5.32 Å². The normalized spacial score (nSPS) is 32.5. The van der Waals surface area contributed by atoms with Crippen LogP contribution in [0.5, 0.6) is 0 Å². The fourth-order valence-electron chi connectivity index (χ4n) is 6.00. The van der Waals surface area contributed by atoms with Crippen LogP contribution < -0.4 is 10.6 Å². The summed E-state index contributed by atoms with van der Waals surface area (Å²) in [4.78, 5) is 12.6. The van der Waals surface area contributed by atoms with Gasteiger partial charge < -0.3 is 10.6 Å². The molecule has 0 atom stereocenters. The summed E-state index contributed by atoms with van der Waals surface area (Å²) in [6.45, 7) is 4.17. The van der Waals surface area contributed by atoms with Crippen LogP contribution in [-0.2, 0) is 4.79 Å². The molecule has 5 rings (SSSR count). The highest BCUT2D eigenvalue weighted by Gasteiger charge is 2.51. The van der Waals surface area contributed by atoms with Gasteiger partial charge in [-0.3, -0.25) is 4.79 Å². The molecule has 2 N–H and O–H groups in total. The standard InChI is InChI=1S/C21H28N2OS/c1-13-3-4-18(5-14(13)2)22-20(25)23-19(24)12-21-9-15-6-16(10-21)8-17(7-15)11-21/h3-5,15-17H,6-12H2,1-2H3,(H2,22,23,24,25). The van der Waals surface area contributed by atoms with Crippen LogP contribution in [0.25, 0.3) is 0 Å². The van der Waals surface area contributed by atoms with Crippen molar-refractivity contribution >= 4 is 28.9 Å². The van der Waals surface area contributed by atoms with Gasteiger partial charge in [0, 0.05) is 12.1 Å². The van der Waals surface area contributed by atoms with E-state index in [2.05, 4.69) is 36.6 Å². The highest BCUT2D eigenvalue weighted by atomic mass is 32.1. The summed E-state index contributed by atoms with van der Waals surface area (Å²) in [7, 11) is 0. The second-order valence-electron chi connectivity index (χ2n) is 8.90. The summed E-state index contributed by atoms with van der Waals surface area (Å²) in [6, 6.07) is 6.13. The van der Waals surface area contributed by atoms with Gasteiger partial charge in [-0.2, -0.15) is 0 Å². The fourth-order valence-corrected chi connectivity index (χ4v) is 6.23. The monoisotopic (exact) mass is 356 g/mol. The molecule has 0 spiro atoms. The molecule has 0 radical (unpaired) electrons. The zero-order valence-electron chi connectivity index (χ0n) is 15.2. The van der Waals surface area contributed by atoms with Crippen molar-refractivity contribution in [2.75, 3.05) is 5.32 Å². The molecule has 1 aromatic carbocycles. The number of carbonyl (C=O) groups is 1. The van der Waals surface area contributed by atoms with E-state index in [9.17, 15) is 4.79 Å². The number of rotatable bonds is 3. The molecule has 4 heteroatoms. The highest BCUT2D eigenvalue weighted by Crippen LogP contribution is 2.61. The van der Waals surface area contributed by atoms with Crippen molar-refractivity contribution in [2.24, 2.45) is 23.2 Å². The Balaban J connectivity index is 1.34. The number of anilines is 1. The second-order valence-corrected chi connectivity index (χ2v) is 9.30. The van der Waals surface area contributed by atoms with Crippen LogP contribution in [0.3, 0.4) is 0 Å². The Labute approximate surface area is 156 Å². The molecular weight excluding hydrogens is 328 g/mol. The molecule has 134 valence electrons. The van der Waals surface area contributed by atoms with Gasteiger partial charge in [-0.1, -0.05) is 6.07 Å². The molecule has 4 saturated carbocycles. The van der Waals surface area contributed by atoms with Gasteiger partial charge in [0.25, 0.3) is 0 Å². The van der Waals surface area contributed by atoms with Crippen molar-refractivity contribution in [3.8, 4) is 0 Å². The number of thiocarbonyl (C=S) groups is 1. The molecule has 0 heterocycles. The molecule has 0 saturated heterocycles. The van der Waals surface area contributed by atoms with Crippen LogP contribution in [-0.4, -0.2) is 11.0 Å². The smallest absolute Gasteiger partial charge is 0.226 e. The minimum atomic E-state index is 0.0864. The van der Waals surface area contributed by atoms with E-state index in [0.717, 1.165) is 23.4 Å². The van der Waals surface area contributed by atoms with Crippen LogP contribution in [0.4, 0.5) is 5.69 Å². The third kappa shape index (κ3) is 3.59. The summed E-state index contributed by atoms with van der Waals surface area (Å²) in [5.41, 5.74) is 3.66. The average molecular weight is 357 g/mol. The Morgan fingerprint density at radius 1 is 1.08 bits per heavy atom. The van der Waals surface area contributed by atoms with Gasteiger partial charge in [0.15, 0.2) is 5.11 Å². The first-order valence-electron chi connectivity index (χ1n) is 9.59. The second kappa shape index (κ2) is 6.39. The lowest BCUT2D eigenvalue weighted by Crippen LogP contribution is -2.48. The first kappa shape index (κ1) is 17.0. The number of aryl methyl sites for hydroxylation is 2. The molecule has 0 aromatic heterocycles. The maximum absolute atomic E-state index is 12.6. The summed E-state index contributed by atoms with van der Waals surface area (Å²) < 4.78 is 0. The van der Waals surface area contributed by atoms with Crippen molar-refractivity contribution in [3.63, 3.8) is 0 Å². The number of amides is 1. The minimum Gasteiger partial charge on any atom is -0.332 e. The SMILES string of the molecule is Cc1ccc(NC(=S)NC(=O)CC23CC4CC(CC(C4)C2)C3)cc1C. The summed E-state index contributed by atoms with van der Waals surface area (Å²) in [5, 5.41) is 6.48. The maximum atomic E-state index is 12.6. The maximum Gasteiger partial charge on any atom is 0.226 e. The Morgan fingerprint density at radius 2 is 1.68 bits per heavy atom. The largest absolute Gasteiger partial charge is 0.332 e.